The number of anilines is 2. The molecule has 4 rings (SSSR count). The third-order valence-corrected chi connectivity index (χ3v) is 4.84. The summed E-state index contributed by atoms with van der Waals surface area (Å²) in [7, 11) is 0. The van der Waals surface area contributed by atoms with E-state index in [-0.39, 0.29) is 5.41 Å². The van der Waals surface area contributed by atoms with E-state index in [1.54, 1.807) is 0 Å². The molecule has 0 radical (unpaired) electrons. The summed E-state index contributed by atoms with van der Waals surface area (Å²) >= 11 is 7.14. The van der Waals surface area contributed by atoms with Gasteiger partial charge in [-0.3, -0.25) is 4.40 Å². The zero-order valence-electron chi connectivity index (χ0n) is 12.6. The van der Waals surface area contributed by atoms with E-state index in [0.717, 1.165) is 26.4 Å². The molecule has 0 aromatic carbocycles. The zero-order valence-corrected chi connectivity index (χ0v) is 15.8. The number of hydrogen-bond acceptors (Lipinski definition) is 6. The third-order valence-electron chi connectivity index (χ3n) is 3.67. The maximum Gasteiger partial charge on any atom is 0.191 e. The lowest BCUT2D eigenvalue weighted by molar-refractivity contribution is 0.587. The van der Waals surface area contributed by atoms with Gasteiger partial charge in [-0.05, 0) is 37.9 Å². The van der Waals surface area contributed by atoms with Crippen molar-refractivity contribution >= 4 is 60.8 Å². The van der Waals surface area contributed by atoms with Crippen LogP contribution in [-0.2, 0) is 0 Å². The second-order valence-corrected chi connectivity index (χ2v) is 8.11. The molecule has 23 heavy (non-hydrogen) atoms. The first kappa shape index (κ1) is 14.8. The van der Waals surface area contributed by atoms with Crippen LogP contribution in [0.25, 0.3) is 17.0 Å². The first-order valence-electron chi connectivity index (χ1n) is 6.96. The van der Waals surface area contributed by atoms with Crippen LogP contribution in [0.5, 0.6) is 0 Å². The fraction of sp³-hybridized carbons (Fsp3) is 0.286. The number of nitrogens with one attached hydrogen (secondary N) is 1. The van der Waals surface area contributed by atoms with Gasteiger partial charge < -0.3 is 11.1 Å². The first-order chi connectivity index (χ1) is 10.8. The summed E-state index contributed by atoms with van der Waals surface area (Å²) in [6.07, 6.45) is 0. The molecule has 3 aliphatic rings. The minimum atomic E-state index is -0.158. The van der Waals surface area contributed by atoms with E-state index in [1.807, 2.05) is 10.5 Å². The van der Waals surface area contributed by atoms with Crippen molar-refractivity contribution in [3.05, 3.63) is 15.0 Å². The number of pyridine rings is 1. The van der Waals surface area contributed by atoms with Crippen molar-refractivity contribution in [1.82, 2.24) is 19.6 Å². The molecule has 0 saturated carbocycles. The Kier molecular flexibility index (Phi) is 2.99. The minimum absolute atomic E-state index is 0.158. The number of nitrogens with zero attached hydrogens (tertiary/aromatic N) is 5. The predicted molar refractivity (Wildman–Crippen MR) is 97.4 cm³/mol. The lowest BCUT2D eigenvalue weighted by Crippen LogP contribution is -2.31. The van der Waals surface area contributed by atoms with Crippen molar-refractivity contribution in [3.63, 3.8) is 0 Å². The molecule has 9 heteroatoms. The van der Waals surface area contributed by atoms with Crippen LogP contribution in [0.3, 0.4) is 0 Å². The van der Waals surface area contributed by atoms with E-state index in [9.17, 15) is 0 Å². The third kappa shape index (κ3) is 2.06. The number of hydrogen-bond donors (Lipinski definition) is 2. The summed E-state index contributed by atoms with van der Waals surface area (Å²) in [6.45, 7) is 6.30. The van der Waals surface area contributed by atoms with Crippen molar-refractivity contribution in [2.45, 2.75) is 20.8 Å². The molecule has 0 bridgehead atoms. The van der Waals surface area contributed by atoms with E-state index in [4.69, 9.17) is 10.7 Å². The molecule has 4 heterocycles. The lowest BCUT2D eigenvalue weighted by atomic mass is 9.94. The second-order valence-electron chi connectivity index (χ2n) is 6.40. The molecule has 7 nitrogen and oxygen atoms in total. The monoisotopic (exact) mass is 437 g/mol. The summed E-state index contributed by atoms with van der Waals surface area (Å²) in [6, 6.07) is 1.93. The Morgan fingerprint density at radius 3 is 2.61 bits per heavy atom. The fourth-order valence-electron chi connectivity index (χ4n) is 2.53. The van der Waals surface area contributed by atoms with Crippen molar-refractivity contribution < 1.29 is 0 Å². The van der Waals surface area contributed by atoms with E-state index < -0.39 is 0 Å². The maximum absolute atomic E-state index is 6.02. The van der Waals surface area contributed by atoms with Crippen molar-refractivity contribution in [2.24, 2.45) is 10.4 Å². The highest BCUT2D eigenvalue weighted by atomic mass is 79.9. The highest BCUT2D eigenvalue weighted by Gasteiger charge is 2.31. The molecule has 0 aliphatic carbocycles. The number of aliphatic imine (C=N–C) groups is 1. The quantitative estimate of drug-likeness (QED) is 0.556. The number of amidine groups is 1. The number of halogens is 2. The number of fused-ring (bicyclic) bond motifs is 2. The Balaban J connectivity index is 2.21. The van der Waals surface area contributed by atoms with Crippen molar-refractivity contribution in [1.29, 1.82) is 0 Å². The number of aromatic nitrogens is 4. The standard InChI is InChI=1S/C14H13Br2N7/c1-14(2,3)13-19-11-6(16)4-5(15)10-18-9-7(8(17)21-22-9)12(20-13)23(10)11/h4H,1-3H3,(H2,17,21)(H,19,20). The number of nitrogens with two attached hydrogens (primary N) is 1. The van der Waals surface area contributed by atoms with Crippen molar-refractivity contribution in [3.8, 4) is 11.4 Å². The largest absolute Gasteiger partial charge is 0.381 e. The fourth-order valence-corrected chi connectivity index (χ4v) is 3.82. The van der Waals surface area contributed by atoms with Gasteiger partial charge in [0.05, 0.1) is 8.95 Å². The Morgan fingerprint density at radius 1 is 1.17 bits per heavy atom. The van der Waals surface area contributed by atoms with E-state index in [0.29, 0.717) is 22.9 Å². The van der Waals surface area contributed by atoms with Crippen LogP contribution in [0.4, 0.5) is 17.5 Å². The van der Waals surface area contributed by atoms with Gasteiger partial charge in [0.25, 0.3) is 0 Å². The Morgan fingerprint density at radius 2 is 1.91 bits per heavy atom. The van der Waals surface area contributed by atoms with Crippen LogP contribution in [0.1, 0.15) is 20.8 Å². The smallest absolute Gasteiger partial charge is 0.191 e. The zero-order chi connectivity index (χ0) is 16.5. The molecule has 1 aromatic rings. The molecule has 0 unspecified atom stereocenters. The number of nitrogen functional groups attached to an aromatic ring is 1. The Bertz CT molecular complexity index is 968. The highest BCUT2D eigenvalue weighted by Crippen LogP contribution is 2.43. The summed E-state index contributed by atoms with van der Waals surface area (Å²) in [5.74, 6) is 3.24. The molecular weight excluding hydrogens is 426 g/mol. The predicted octanol–water partition coefficient (Wildman–Crippen LogP) is 3.84. The molecular formula is C14H13Br2N7. The normalized spacial score (nSPS) is 14.2. The molecule has 0 spiro atoms. The van der Waals surface area contributed by atoms with Gasteiger partial charge >= 0.3 is 0 Å². The molecule has 0 amide bonds. The van der Waals surface area contributed by atoms with E-state index >= 15 is 0 Å². The minimum Gasteiger partial charge on any atom is -0.381 e. The molecule has 3 aliphatic heterocycles. The SMILES string of the molecule is CC(C)(C)C1=Nc2c(Br)cc(Br)c3nc4nnc(N)c-4c(n23)N1. The lowest BCUT2D eigenvalue weighted by Gasteiger charge is -2.29. The van der Waals surface area contributed by atoms with Gasteiger partial charge in [-0.1, -0.05) is 20.8 Å². The van der Waals surface area contributed by atoms with Crippen molar-refractivity contribution in [2.75, 3.05) is 11.1 Å². The van der Waals surface area contributed by atoms with Crippen LogP contribution in [0.2, 0.25) is 0 Å². The van der Waals surface area contributed by atoms with E-state index in [2.05, 4.69) is 73.1 Å². The summed E-state index contributed by atoms with van der Waals surface area (Å²) < 4.78 is 3.61. The average molecular weight is 439 g/mol. The highest BCUT2D eigenvalue weighted by molar-refractivity contribution is 9.11. The molecule has 0 fully saturated rings. The Hall–Kier alpha value is -1.74. The van der Waals surface area contributed by atoms with Gasteiger partial charge in [-0.25, -0.2) is 9.98 Å². The van der Waals surface area contributed by atoms with Gasteiger partial charge in [-0.2, -0.15) is 0 Å². The summed E-state index contributed by atoms with van der Waals surface area (Å²) in [5.41, 5.74) is 7.26. The maximum atomic E-state index is 6.02. The van der Waals surface area contributed by atoms with Crippen LogP contribution in [0.15, 0.2) is 20.0 Å². The van der Waals surface area contributed by atoms with E-state index in [1.165, 1.54) is 0 Å². The van der Waals surface area contributed by atoms with Gasteiger partial charge in [-0.15, -0.1) is 10.2 Å². The second kappa shape index (κ2) is 4.64. The molecule has 3 N–H and O–H groups in total. The summed E-state index contributed by atoms with van der Waals surface area (Å²) in [5, 5.41) is 11.4. The first-order valence-corrected chi connectivity index (χ1v) is 8.54. The molecule has 0 saturated heterocycles. The molecule has 118 valence electrons. The topological polar surface area (TPSA) is 93.5 Å². The summed E-state index contributed by atoms with van der Waals surface area (Å²) in [4.78, 5) is 9.34. The Labute approximate surface area is 149 Å². The number of rotatable bonds is 0. The van der Waals surface area contributed by atoms with Crippen LogP contribution in [0, 0.1) is 5.41 Å². The van der Waals surface area contributed by atoms with Crippen LogP contribution < -0.4 is 11.1 Å². The van der Waals surface area contributed by atoms with Gasteiger partial charge in [0.2, 0.25) is 0 Å². The van der Waals surface area contributed by atoms with Gasteiger partial charge in [0.1, 0.15) is 17.2 Å². The molecule has 1 aromatic heterocycles. The van der Waals surface area contributed by atoms with Gasteiger partial charge in [0.15, 0.2) is 23.1 Å². The average Bonchev–Trinajstić information content (AvgIpc) is 2.84. The van der Waals surface area contributed by atoms with Gasteiger partial charge in [0, 0.05) is 5.41 Å². The molecule has 0 atom stereocenters. The van der Waals surface area contributed by atoms with Crippen LogP contribution in [-0.4, -0.2) is 25.4 Å². The van der Waals surface area contributed by atoms with Crippen LogP contribution >= 0.6 is 31.9 Å².